The molecule has 1 fully saturated rings. The highest BCUT2D eigenvalue weighted by molar-refractivity contribution is 5.78. The topological polar surface area (TPSA) is 43.4 Å². The van der Waals surface area contributed by atoms with E-state index in [0.717, 1.165) is 19.3 Å². The smallest absolute Gasteiger partial charge is 0.305 e. The van der Waals surface area contributed by atoms with E-state index >= 15 is 0 Å². The summed E-state index contributed by atoms with van der Waals surface area (Å²) in [6.07, 6.45) is 15.9. The van der Waals surface area contributed by atoms with Crippen molar-refractivity contribution in [1.29, 1.82) is 0 Å². The molecule has 0 atom stereocenters. The minimum absolute atomic E-state index is 0.0969. The number of esters is 1. The van der Waals surface area contributed by atoms with Gasteiger partial charge in [0.25, 0.3) is 0 Å². The molecule has 0 saturated carbocycles. The average molecular weight is 296 g/mol. The van der Waals surface area contributed by atoms with Gasteiger partial charge < -0.3 is 4.74 Å². The minimum Gasteiger partial charge on any atom is -0.466 e. The molecule has 0 spiro atoms. The van der Waals surface area contributed by atoms with Gasteiger partial charge in [0.1, 0.15) is 5.78 Å². The van der Waals surface area contributed by atoms with Gasteiger partial charge in [-0.3, -0.25) is 9.59 Å². The second-order valence-electron chi connectivity index (χ2n) is 6.25. The van der Waals surface area contributed by atoms with Crippen LogP contribution in [0, 0.1) is 0 Å². The molecule has 3 heteroatoms. The molecule has 1 rings (SSSR count). The summed E-state index contributed by atoms with van der Waals surface area (Å²) in [5, 5.41) is 0. The Morgan fingerprint density at radius 3 is 1.52 bits per heavy atom. The van der Waals surface area contributed by atoms with Crippen LogP contribution in [0.1, 0.15) is 96.3 Å². The molecule has 0 aromatic heterocycles. The first-order valence-corrected chi connectivity index (χ1v) is 8.96. The van der Waals surface area contributed by atoms with E-state index < -0.39 is 0 Å². The van der Waals surface area contributed by atoms with E-state index in [0.29, 0.717) is 38.1 Å². The van der Waals surface area contributed by atoms with Gasteiger partial charge in [0.15, 0.2) is 0 Å². The van der Waals surface area contributed by atoms with Crippen LogP contribution in [0.5, 0.6) is 0 Å². The first-order valence-electron chi connectivity index (χ1n) is 8.96. The van der Waals surface area contributed by atoms with Crippen LogP contribution in [0.3, 0.4) is 0 Å². The van der Waals surface area contributed by atoms with Crippen molar-refractivity contribution in [3.63, 3.8) is 0 Å². The zero-order valence-electron chi connectivity index (χ0n) is 13.5. The number of rotatable bonds is 0. The van der Waals surface area contributed by atoms with Crippen LogP contribution >= 0.6 is 0 Å². The summed E-state index contributed by atoms with van der Waals surface area (Å²) in [6.45, 7) is 0.407. The molecule has 0 N–H and O–H groups in total. The monoisotopic (exact) mass is 296 g/mol. The SMILES string of the molecule is O=C1CCCCCCCCCCCCCC(=O)OCCC1. The first-order chi connectivity index (χ1) is 10.3. The Morgan fingerprint density at radius 2 is 0.952 bits per heavy atom. The maximum atomic E-state index is 11.7. The van der Waals surface area contributed by atoms with Gasteiger partial charge in [0, 0.05) is 19.3 Å². The molecule has 1 heterocycles. The fourth-order valence-corrected chi connectivity index (χ4v) is 2.84. The molecule has 0 aromatic carbocycles. The fourth-order valence-electron chi connectivity index (χ4n) is 2.84. The molecule has 0 unspecified atom stereocenters. The van der Waals surface area contributed by atoms with Crippen LogP contribution < -0.4 is 0 Å². The second-order valence-corrected chi connectivity index (χ2v) is 6.25. The van der Waals surface area contributed by atoms with Gasteiger partial charge >= 0.3 is 5.97 Å². The zero-order chi connectivity index (χ0) is 15.2. The van der Waals surface area contributed by atoms with Crippen molar-refractivity contribution in [1.82, 2.24) is 0 Å². The van der Waals surface area contributed by atoms with Crippen molar-refractivity contribution in [3.8, 4) is 0 Å². The lowest BCUT2D eigenvalue weighted by atomic mass is 10.0. The molecule has 0 aliphatic carbocycles. The van der Waals surface area contributed by atoms with Crippen molar-refractivity contribution in [2.24, 2.45) is 0 Å². The van der Waals surface area contributed by atoms with Gasteiger partial charge in [0.05, 0.1) is 6.61 Å². The van der Waals surface area contributed by atoms with E-state index in [1.807, 2.05) is 0 Å². The van der Waals surface area contributed by atoms with Crippen LogP contribution in [-0.4, -0.2) is 18.4 Å². The molecule has 122 valence electrons. The number of hydrogen-bond acceptors (Lipinski definition) is 3. The van der Waals surface area contributed by atoms with Crippen LogP contribution in [-0.2, 0) is 14.3 Å². The number of Topliss-reactive ketones (excluding diaryl/α,β-unsaturated/α-hetero) is 1. The predicted octanol–water partition coefficient (Wildman–Crippen LogP) is 4.96. The number of ketones is 1. The third kappa shape index (κ3) is 11.5. The highest BCUT2D eigenvalue weighted by atomic mass is 16.5. The predicted molar refractivity (Wildman–Crippen MR) is 85.2 cm³/mol. The van der Waals surface area contributed by atoms with Gasteiger partial charge in [-0.2, -0.15) is 0 Å². The molecule has 0 radical (unpaired) electrons. The quantitative estimate of drug-likeness (QED) is 0.593. The van der Waals surface area contributed by atoms with E-state index in [-0.39, 0.29) is 5.97 Å². The Balaban J connectivity index is 2.20. The minimum atomic E-state index is -0.0969. The van der Waals surface area contributed by atoms with Gasteiger partial charge in [-0.1, -0.05) is 57.8 Å². The standard InChI is InChI=1S/C18H32O3/c19-17-13-10-8-6-4-2-1-3-5-7-9-11-15-18(20)21-16-12-14-17/h1-16H2. The van der Waals surface area contributed by atoms with Gasteiger partial charge in [-0.25, -0.2) is 0 Å². The largest absolute Gasteiger partial charge is 0.466 e. The molecule has 3 nitrogen and oxygen atoms in total. The summed E-state index contributed by atoms with van der Waals surface area (Å²) in [6, 6.07) is 0. The fraction of sp³-hybridized carbons (Fsp3) is 0.889. The first kappa shape index (κ1) is 18.2. The van der Waals surface area contributed by atoms with Crippen LogP contribution in [0.4, 0.5) is 0 Å². The normalized spacial score (nSPS) is 22.7. The Hall–Kier alpha value is -0.860. The summed E-state index contributed by atoms with van der Waals surface area (Å²) >= 11 is 0. The molecular weight excluding hydrogens is 264 g/mol. The maximum Gasteiger partial charge on any atom is 0.305 e. The lowest BCUT2D eigenvalue weighted by Gasteiger charge is -2.05. The van der Waals surface area contributed by atoms with Crippen molar-refractivity contribution in [3.05, 3.63) is 0 Å². The third-order valence-corrected chi connectivity index (χ3v) is 4.20. The van der Waals surface area contributed by atoms with Crippen LogP contribution in [0.25, 0.3) is 0 Å². The summed E-state index contributed by atoms with van der Waals surface area (Å²) in [5.74, 6) is 0.226. The molecule has 1 aliphatic heterocycles. The Labute approximate surface area is 129 Å². The van der Waals surface area contributed by atoms with Crippen molar-refractivity contribution in [2.75, 3.05) is 6.61 Å². The maximum absolute atomic E-state index is 11.7. The number of cyclic esters (lactones) is 1. The Kier molecular flexibility index (Phi) is 11.1. The van der Waals surface area contributed by atoms with Crippen molar-refractivity contribution < 1.29 is 14.3 Å². The highest BCUT2D eigenvalue weighted by Crippen LogP contribution is 2.13. The highest BCUT2D eigenvalue weighted by Gasteiger charge is 2.05. The molecule has 1 aliphatic rings. The van der Waals surface area contributed by atoms with Crippen molar-refractivity contribution in [2.45, 2.75) is 96.3 Å². The lowest BCUT2D eigenvalue weighted by molar-refractivity contribution is -0.144. The zero-order valence-corrected chi connectivity index (χ0v) is 13.5. The van der Waals surface area contributed by atoms with Crippen LogP contribution in [0.15, 0.2) is 0 Å². The van der Waals surface area contributed by atoms with E-state index in [4.69, 9.17) is 4.74 Å². The van der Waals surface area contributed by atoms with Crippen molar-refractivity contribution >= 4 is 11.8 Å². The number of carbonyl (C=O) groups is 2. The summed E-state index contributed by atoms with van der Waals surface area (Å²) in [7, 11) is 0. The Bertz CT molecular complexity index is 258. The van der Waals surface area contributed by atoms with E-state index in [1.165, 1.54) is 51.4 Å². The van der Waals surface area contributed by atoms with E-state index in [1.54, 1.807) is 0 Å². The Morgan fingerprint density at radius 1 is 0.524 bits per heavy atom. The molecule has 0 amide bonds. The average Bonchev–Trinajstić information content (AvgIpc) is 2.47. The second kappa shape index (κ2) is 12.8. The number of ether oxygens (including phenoxy) is 1. The third-order valence-electron chi connectivity index (χ3n) is 4.20. The molecule has 0 bridgehead atoms. The molecule has 1 saturated heterocycles. The number of carbonyl (C=O) groups excluding carboxylic acids is 2. The van der Waals surface area contributed by atoms with Crippen LogP contribution in [0.2, 0.25) is 0 Å². The number of hydrogen-bond donors (Lipinski definition) is 0. The summed E-state index contributed by atoms with van der Waals surface area (Å²) in [4.78, 5) is 23.2. The van der Waals surface area contributed by atoms with Gasteiger partial charge in [-0.05, 0) is 19.3 Å². The van der Waals surface area contributed by atoms with Gasteiger partial charge in [-0.15, -0.1) is 0 Å². The summed E-state index contributed by atoms with van der Waals surface area (Å²) in [5.41, 5.74) is 0. The van der Waals surface area contributed by atoms with E-state index in [2.05, 4.69) is 0 Å². The molecule has 21 heavy (non-hydrogen) atoms. The summed E-state index contributed by atoms with van der Waals surface area (Å²) < 4.78 is 5.16. The lowest BCUT2D eigenvalue weighted by Crippen LogP contribution is -2.07. The molecular formula is C18H32O3. The molecule has 0 aromatic rings. The van der Waals surface area contributed by atoms with Gasteiger partial charge in [0.2, 0.25) is 0 Å². The van der Waals surface area contributed by atoms with E-state index in [9.17, 15) is 9.59 Å².